The van der Waals surface area contributed by atoms with Gasteiger partial charge in [0, 0.05) is 18.6 Å². The van der Waals surface area contributed by atoms with E-state index in [0.29, 0.717) is 0 Å². The molecular formula is C12H19N2O5S-. The molecule has 1 fully saturated rings. The molecule has 1 aliphatic heterocycles. The minimum Gasteiger partial charge on any atom is -0.595 e. The van der Waals surface area contributed by atoms with Crippen LogP contribution >= 0.6 is 12.2 Å². The molecule has 1 aliphatic rings. The van der Waals surface area contributed by atoms with Crippen LogP contribution in [0.25, 0.3) is 0 Å². The molecule has 0 unspecified atom stereocenters. The number of carboxylic acids is 1. The first kappa shape index (κ1) is 16.6. The maximum absolute atomic E-state index is 11.4. The van der Waals surface area contributed by atoms with Gasteiger partial charge in [-0.1, -0.05) is 33.0 Å². The highest BCUT2D eigenvalue weighted by molar-refractivity contribution is 7.80. The summed E-state index contributed by atoms with van der Waals surface area (Å²) in [5.41, 5.74) is -0.643. The number of thiocarbonyl (C=S) groups is 1. The molecule has 1 saturated heterocycles. The van der Waals surface area contributed by atoms with Crippen molar-refractivity contribution in [3.63, 3.8) is 0 Å². The minimum atomic E-state index is -1.05. The number of hydrogen-bond donors (Lipinski definition) is 2. The molecule has 2 atom stereocenters. The Balaban J connectivity index is 2.62. The molecule has 0 amide bonds. The molecule has 0 spiro atoms. The Labute approximate surface area is 122 Å². The SMILES string of the molecule is CC(C)(C)OC([O-])=NCC(=S)N1C[C@H](O)C[C@H]1C(=O)O. The Morgan fingerprint density at radius 1 is 1.55 bits per heavy atom. The molecular weight excluding hydrogens is 284 g/mol. The smallest absolute Gasteiger partial charge is 0.326 e. The third-order valence-corrected chi connectivity index (χ3v) is 2.98. The van der Waals surface area contributed by atoms with E-state index < -0.39 is 29.8 Å². The first-order valence-electron chi connectivity index (χ1n) is 6.21. The summed E-state index contributed by atoms with van der Waals surface area (Å²) in [7, 11) is 0. The van der Waals surface area contributed by atoms with Crippen LogP contribution in [0.15, 0.2) is 4.99 Å². The predicted octanol–water partition coefficient (Wildman–Crippen LogP) is -0.635. The fraction of sp³-hybridized carbons (Fsp3) is 0.750. The van der Waals surface area contributed by atoms with Gasteiger partial charge in [0.15, 0.2) is 0 Å². The predicted molar refractivity (Wildman–Crippen MR) is 74.5 cm³/mol. The average molecular weight is 303 g/mol. The Bertz CT molecular complexity index is 419. The number of aliphatic hydroxyl groups excluding tert-OH is 1. The van der Waals surface area contributed by atoms with Gasteiger partial charge in [0.05, 0.1) is 12.6 Å². The van der Waals surface area contributed by atoms with Crippen molar-refractivity contribution in [3.05, 3.63) is 0 Å². The van der Waals surface area contributed by atoms with E-state index in [1.54, 1.807) is 20.8 Å². The van der Waals surface area contributed by atoms with Gasteiger partial charge in [-0.2, -0.15) is 0 Å². The minimum absolute atomic E-state index is 0.113. The highest BCUT2D eigenvalue weighted by atomic mass is 32.1. The van der Waals surface area contributed by atoms with Gasteiger partial charge in [0.25, 0.3) is 0 Å². The molecule has 0 radical (unpaired) electrons. The monoisotopic (exact) mass is 303 g/mol. The van der Waals surface area contributed by atoms with Crippen LogP contribution in [0.5, 0.6) is 0 Å². The van der Waals surface area contributed by atoms with E-state index in [4.69, 9.17) is 22.1 Å². The lowest BCUT2D eigenvalue weighted by Gasteiger charge is -2.30. The first-order chi connectivity index (χ1) is 9.10. The van der Waals surface area contributed by atoms with Crippen molar-refractivity contribution < 1.29 is 24.9 Å². The first-order valence-corrected chi connectivity index (χ1v) is 6.62. The molecule has 1 heterocycles. The van der Waals surface area contributed by atoms with Crippen molar-refractivity contribution in [3.8, 4) is 0 Å². The summed E-state index contributed by atoms with van der Waals surface area (Å²) in [4.78, 5) is 16.3. The summed E-state index contributed by atoms with van der Waals surface area (Å²) >= 11 is 5.07. The van der Waals surface area contributed by atoms with E-state index in [1.807, 2.05) is 0 Å². The van der Waals surface area contributed by atoms with E-state index >= 15 is 0 Å². The van der Waals surface area contributed by atoms with Gasteiger partial charge >= 0.3 is 5.97 Å². The zero-order chi connectivity index (χ0) is 15.5. The highest BCUT2D eigenvalue weighted by Gasteiger charge is 2.37. The molecule has 0 aromatic heterocycles. The number of hydrogen-bond acceptors (Lipinski definition) is 6. The molecule has 0 aromatic carbocycles. The zero-order valence-corrected chi connectivity index (χ0v) is 12.5. The van der Waals surface area contributed by atoms with Gasteiger partial charge in [-0.3, -0.25) is 4.99 Å². The molecule has 20 heavy (non-hydrogen) atoms. The average Bonchev–Trinajstić information content (AvgIpc) is 2.66. The van der Waals surface area contributed by atoms with Crippen LogP contribution in [-0.2, 0) is 9.53 Å². The second-order valence-electron chi connectivity index (χ2n) is 5.59. The molecule has 0 aromatic rings. The van der Waals surface area contributed by atoms with E-state index in [1.165, 1.54) is 4.90 Å². The van der Waals surface area contributed by atoms with Gasteiger partial charge in [0.2, 0.25) is 0 Å². The summed E-state index contributed by atoms with van der Waals surface area (Å²) < 4.78 is 5.00. The largest absolute Gasteiger partial charge is 0.595 e. The van der Waals surface area contributed by atoms with Crippen LogP contribution < -0.4 is 5.11 Å². The van der Waals surface area contributed by atoms with Gasteiger partial charge in [0.1, 0.15) is 17.1 Å². The maximum atomic E-state index is 11.4. The third kappa shape index (κ3) is 4.93. The number of ether oxygens (including phenoxy) is 1. The van der Waals surface area contributed by atoms with Crippen LogP contribution in [0.3, 0.4) is 0 Å². The van der Waals surface area contributed by atoms with E-state index in [2.05, 4.69) is 4.99 Å². The standard InChI is InChI=1S/C12H20N2O5S/c1-12(2,3)19-11(18)13-5-9(20)14-6-7(15)4-8(14)10(16)17/h7-8,15H,4-6H2,1-3H3,(H,13,18)(H,16,17)/p-1/t7-,8+/m1/s1. The number of carboxylic acid groups (broad SMARTS) is 1. The number of aliphatic carboxylic acids is 1. The van der Waals surface area contributed by atoms with Crippen molar-refractivity contribution in [1.82, 2.24) is 4.90 Å². The van der Waals surface area contributed by atoms with Crippen molar-refractivity contribution in [2.24, 2.45) is 4.99 Å². The lowest BCUT2D eigenvalue weighted by molar-refractivity contribution is -0.260. The van der Waals surface area contributed by atoms with Crippen molar-refractivity contribution >= 4 is 29.3 Å². The second-order valence-corrected chi connectivity index (χ2v) is 6.06. The molecule has 0 aliphatic carbocycles. The fourth-order valence-corrected chi connectivity index (χ4v) is 2.11. The molecule has 0 bridgehead atoms. The highest BCUT2D eigenvalue weighted by Crippen LogP contribution is 2.19. The third-order valence-electron chi connectivity index (χ3n) is 2.62. The van der Waals surface area contributed by atoms with E-state index in [-0.39, 0.29) is 24.5 Å². The van der Waals surface area contributed by atoms with Crippen LogP contribution in [-0.4, -0.2) is 63.0 Å². The van der Waals surface area contributed by atoms with Gasteiger partial charge < -0.3 is 25.0 Å². The van der Waals surface area contributed by atoms with Crippen molar-refractivity contribution in [2.75, 3.05) is 13.1 Å². The maximum Gasteiger partial charge on any atom is 0.326 e. The Hall–Kier alpha value is -1.41. The van der Waals surface area contributed by atoms with Crippen LogP contribution in [0, 0.1) is 0 Å². The molecule has 114 valence electrons. The number of nitrogens with zero attached hydrogens (tertiary/aromatic N) is 2. The van der Waals surface area contributed by atoms with Crippen LogP contribution in [0.2, 0.25) is 0 Å². The summed E-state index contributed by atoms with van der Waals surface area (Å²) in [5, 5.41) is 30.0. The molecule has 7 nitrogen and oxygen atoms in total. The van der Waals surface area contributed by atoms with Crippen molar-refractivity contribution in [2.45, 2.75) is 44.9 Å². The van der Waals surface area contributed by atoms with E-state index in [9.17, 15) is 15.0 Å². The number of carbonyl (C=O) groups is 1. The summed E-state index contributed by atoms with van der Waals surface area (Å²) in [6.45, 7) is 5.17. The quantitative estimate of drug-likeness (QED) is 0.406. The summed E-state index contributed by atoms with van der Waals surface area (Å²) in [6.07, 6.45) is -1.37. The molecule has 0 saturated carbocycles. The van der Waals surface area contributed by atoms with E-state index in [0.717, 1.165) is 0 Å². The fourth-order valence-electron chi connectivity index (χ4n) is 1.84. The second kappa shape index (κ2) is 6.36. The van der Waals surface area contributed by atoms with Gasteiger partial charge in [-0.15, -0.1) is 0 Å². The Morgan fingerprint density at radius 2 is 2.15 bits per heavy atom. The summed E-state index contributed by atoms with van der Waals surface area (Å²) in [5.74, 6) is -1.05. The van der Waals surface area contributed by atoms with Crippen molar-refractivity contribution in [1.29, 1.82) is 0 Å². The molecule has 1 rings (SSSR count). The molecule has 8 heteroatoms. The topological polar surface area (TPSA) is 105 Å². The van der Waals surface area contributed by atoms with Crippen LogP contribution in [0.1, 0.15) is 27.2 Å². The number of β-amino-alcohol motifs (C(OH)–C–C–N with tert-alkyl or cyclic N) is 1. The van der Waals surface area contributed by atoms with Gasteiger partial charge in [-0.25, -0.2) is 4.79 Å². The Kier molecular flexibility index (Phi) is 5.29. The summed E-state index contributed by atoms with van der Waals surface area (Å²) in [6, 6.07) is -0.869. The van der Waals surface area contributed by atoms with Crippen LogP contribution in [0.4, 0.5) is 0 Å². The Morgan fingerprint density at radius 3 is 2.65 bits per heavy atom. The number of rotatable bonds is 3. The van der Waals surface area contributed by atoms with Gasteiger partial charge in [-0.05, 0) is 0 Å². The number of aliphatic hydroxyl groups is 1. The lowest BCUT2D eigenvalue weighted by atomic mass is 10.2. The number of aliphatic imine (C=N–C) groups is 1. The number of likely N-dealkylation sites (tertiary alicyclic amines) is 1. The normalized spacial score (nSPS) is 23.8. The zero-order valence-electron chi connectivity index (χ0n) is 11.7. The molecule has 2 N–H and O–H groups in total. The lowest BCUT2D eigenvalue weighted by Crippen LogP contribution is -2.41.